The Labute approximate surface area is 227 Å². The first-order valence-electron chi connectivity index (χ1n) is 13.3. The minimum absolute atomic E-state index is 0.229. The summed E-state index contributed by atoms with van der Waals surface area (Å²) in [7, 11) is 0. The number of alkyl halides is 3. The minimum atomic E-state index is -4.43. The van der Waals surface area contributed by atoms with Gasteiger partial charge in [-0.2, -0.15) is 13.2 Å². The predicted molar refractivity (Wildman–Crippen MR) is 150 cm³/mol. The van der Waals surface area contributed by atoms with Crippen molar-refractivity contribution in [3.05, 3.63) is 96.4 Å². The predicted octanol–water partition coefficient (Wildman–Crippen LogP) is 7.72. The lowest BCUT2D eigenvalue weighted by atomic mass is 9.97. The number of nitrogens with zero attached hydrogens (tertiary/aromatic N) is 3. The Morgan fingerprint density at radius 3 is 2.28 bits per heavy atom. The highest BCUT2D eigenvalue weighted by Crippen LogP contribution is 2.35. The van der Waals surface area contributed by atoms with Crippen LogP contribution >= 0.6 is 0 Å². The second-order valence-electron chi connectivity index (χ2n) is 9.86. The molecule has 0 aliphatic heterocycles. The van der Waals surface area contributed by atoms with E-state index in [4.69, 9.17) is 5.73 Å². The lowest BCUT2D eigenvalue weighted by Gasteiger charge is -2.15. The first-order chi connectivity index (χ1) is 18.8. The van der Waals surface area contributed by atoms with Crippen LogP contribution in [0.25, 0.3) is 22.4 Å². The molecule has 1 saturated carbocycles. The van der Waals surface area contributed by atoms with Gasteiger partial charge in [-0.3, -0.25) is 4.98 Å². The Hall–Kier alpha value is -3.78. The topological polar surface area (TPSA) is 76.7 Å². The lowest BCUT2D eigenvalue weighted by Crippen LogP contribution is -2.22. The van der Waals surface area contributed by atoms with Crippen molar-refractivity contribution in [3.63, 3.8) is 0 Å². The number of nitrogens with two attached hydrogens (primary N) is 1. The molecule has 0 saturated heterocycles. The van der Waals surface area contributed by atoms with E-state index < -0.39 is 11.7 Å². The molecular weight excluding hydrogens is 499 g/mol. The molecule has 39 heavy (non-hydrogen) atoms. The average molecular weight is 534 g/mol. The van der Waals surface area contributed by atoms with Crippen LogP contribution in [0, 0.1) is 0 Å². The number of nitrogens with one attached hydrogen (secondary N) is 1. The molecule has 1 fully saturated rings. The second kappa shape index (κ2) is 13.3. The van der Waals surface area contributed by atoms with Crippen molar-refractivity contribution in [2.75, 3.05) is 11.9 Å². The Morgan fingerprint density at radius 1 is 0.923 bits per heavy atom. The van der Waals surface area contributed by atoms with Crippen LogP contribution in [0.3, 0.4) is 0 Å². The number of aromatic nitrogens is 3. The maximum absolute atomic E-state index is 13.2. The highest BCUT2D eigenvalue weighted by molar-refractivity contribution is 5.81. The van der Waals surface area contributed by atoms with E-state index >= 15 is 0 Å². The summed E-state index contributed by atoms with van der Waals surface area (Å²) in [4.78, 5) is 13.1. The molecule has 2 aromatic carbocycles. The molecule has 3 N–H and O–H groups in total. The molecule has 0 radical (unpaired) electrons. The maximum atomic E-state index is 13.2. The third kappa shape index (κ3) is 8.10. The number of hydrogen-bond acceptors (Lipinski definition) is 5. The highest BCUT2D eigenvalue weighted by Gasteiger charge is 2.30. The number of hydrogen-bond donors (Lipinski definition) is 2. The highest BCUT2D eigenvalue weighted by atomic mass is 19.4. The van der Waals surface area contributed by atoms with Gasteiger partial charge >= 0.3 is 6.18 Å². The summed E-state index contributed by atoms with van der Waals surface area (Å²) in [5.74, 6) is 0.641. The Balaban J connectivity index is 0.000000438. The van der Waals surface area contributed by atoms with Gasteiger partial charge in [-0.15, -0.1) is 0 Å². The van der Waals surface area contributed by atoms with Crippen molar-refractivity contribution >= 4 is 5.95 Å². The third-order valence-corrected chi connectivity index (χ3v) is 6.83. The second-order valence-corrected chi connectivity index (χ2v) is 9.86. The number of pyridine rings is 1. The number of halogens is 3. The molecule has 0 spiro atoms. The van der Waals surface area contributed by atoms with Crippen molar-refractivity contribution in [1.29, 1.82) is 0 Å². The van der Waals surface area contributed by atoms with Gasteiger partial charge in [-0.1, -0.05) is 68.7 Å². The first-order valence-corrected chi connectivity index (χ1v) is 13.3. The molecule has 4 aromatic rings. The summed E-state index contributed by atoms with van der Waals surface area (Å²) in [6.45, 7) is 2.71. The summed E-state index contributed by atoms with van der Waals surface area (Å²) in [5.41, 5.74) is 8.31. The van der Waals surface area contributed by atoms with Crippen LogP contribution in [-0.2, 0) is 6.18 Å². The van der Waals surface area contributed by atoms with E-state index in [0.29, 0.717) is 35.4 Å². The molecule has 0 bridgehead atoms. The molecule has 1 aliphatic carbocycles. The monoisotopic (exact) mass is 533 g/mol. The van der Waals surface area contributed by atoms with Gasteiger partial charge in [0.25, 0.3) is 0 Å². The fourth-order valence-electron chi connectivity index (χ4n) is 4.55. The van der Waals surface area contributed by atoms with Gasteiger partial charge in [0.15, 0.2) is 0 Å². The van der Waals surface area contributed by atoms with E-state index in [2.05, 4.69) is 39.3 Å². The normalized spacial score (nSPS) is 14.7. The molecule has 5 nitrogen and oxygen atoms in total. The fourth-order valence-corrected chi connectivity index (χ4v) is 4.55. The molecule has 1 unspecified atom stereocenters. The maximum Gasteiger partial charge on any atom is 0.416 e. The SMILES string of the molecule is CC(CNc1ncc(-c2cccc(C(F)(F)F)c2)c(-c2ccncc2)n1)c1ccccc1.NC1CCCCC1. The summed E-state index contributed by atoms with van der Waals surface area (Å²) < 4.78 is 39.7. The van der Waals surface area contributed by atoms with Crippen LogP contribution in [0.5, 0.6) is 0 Å². The van der Waals surface area contributed by atoms with Crippen LogP contribution in [0.1, 0.15) is 56.1 Å². The van der Waals surface area contributed by atoms with Gasteiger partial charge in [-0.25, -0.2) is 9.97 Å². The summed E-state index contributed by atoms with van der Waals surface area (Å²) in [6.07, 6.45) is 7.04. The number of anilines is 1. The zero-order chi connectivity index (χ0) is 27.7. The van der Waals surface area contributed by atoms with E-state index in [0.717, 1.165) is 17.7 Å². The van der Waals surface area contributed by atoms with Gasteiger partial charge < -0.3 is 11.1 Å². The van der Waals surface area contributed by atoms with E-state index in [1.807, 2.05) is 18.2 Å². The summed E-state index contributed by atoms with van der Waals surface area (Å²) in [5, 5.41) is 3.25. The molecule has 2 heterocycles. The third-order valence-electron chi connectivity index (χ3n) is 6.83. The van der Waals surface area contributed by atoms with Crippen molar-refractivity contribution in [2.24, 2.45) is 5.73 Å². The van der Waals surface area contributed by atoms with Crippen molar-refractivity contribution in [3.8, 4) is 22.4 Å². The van der Waals surface area contributed by atoms with E-state index in [1.54, 1.807) is 36.8 Å². The molecule has 2 aromatic heterocycles. The molecular formula is C31H34F3N5. The number of benzene rings is 2. The molecule has 5 rings (SSSR count). The number of rotatable bonds is 6. The quantitative estimate of drug-likeness (QED) is 0.265. The Morgan fingerprint density at radius 2 is 1.64 bits per heavy atom. The van der Waals surface area contributed by atoms with Crippen molar-refractivity contribution in [2.45, 2.75) is 57.2 Å². The van der Waals surface area contributed by atoms with Gasteiger partial charge in [0.1, 0.15) is 0 Å². The van der Waals surface area contributed by atoms with Gasteiger partial charge in [-0.05, 0) is 54.2 Å². The minimum Gasteiger partial charge on any atom is -0.354 e. The molecule has 1 aliphatic rings. The zero-order valence-electron chi connectivity index (χ0n) is 22.0. The standard InChI is InChI=1S/C25H21F3N4.C6H13N/c1-17(18-6-3-2-4-7-18)15-30-24-31-16-22(23(32-24)19-10-12-29-13-11-19)20-8-5-9-21(14-20)25(26,27)28;7-6-4-2-1-3-5-6/h2-14,16-17H,15H2,1H3,(H,30,31,32);6H,1-5,7H2. The van der Waals surface area contributed by atoms with E-state index in [1.165, 1.54) is 43.7 Å². The van der Waals surface area contributed by atoms with Crippen LogP contribution in [0.15, 0.2) is 85.3 Å². The van der Waals surface area contributed by atoms with Crippen LogP contribution in [0.2, 0.25) is 0 Å². The van der Waals surface area contributed by atoms with Crippen LogP contribution in [-0.4, -0.2) is 27.5 Å². The molecule has 204 valence electrons. The van der Waals surface area contributed by atoms with Crippen LogP contribution < -0.4 is 11.1 Å². The first kappa shape index (κ1) is 28.2. The smallest absolute Gasteiger partial charge is 0.354 e. The zero-order valence-corrected chi connectivity index (χ0v) is 22.0. The fraction of sp³-hybridized carbons (Fsp3) is 0.323. The summed E-state index contributed by atoms with van der Waals surface area (Å²) in [6, 6.07) is 19.4. The van der Waals surface area contributed by atoms with Gasteiger partial charge in [0, 0.05) is 42.3 Å². The van der Waals surface area contributed by atoms with Crippen LogP contribution in [0.4, 0.5) is 19.1 Å². The largest absolute Gasteiger partial charge is 0.416 e. The van der Waals surface area contributed by atoms with Crippen molar-refractivity contribution < 1.29 is 13.2 Å². The average Bonchev–Trinajstić information content (AvgIpc) is 2.97. The van der Waals surface area contributed by atoms with Gasteiger partial charge in [0.05, 0.1) is 11.3 Å². The molecule has 8 heteroatoms. The molecule has 1 atom stereocenters. The molecule has 0 amide bonds. The van der Waals surface area contributed by atoms with Crippen molar-refractivity contribution in [1.82, 2.24) is 15.0 Å². The van der Waals surface area contributed by atoms with Gasteiger partial charge in [0.2, 0.25) is 5.95 Å². The lowest BCUT2D eigenvalue weighted by molar-refractivity contribution is -0.137. The Bertz CT molecular complexity index is 1310. The summed E-state index contributed by atoms with van der Waals surface area (Å²) >= 11 is 0. The van der Waals surface area contributed by atoms with E-state index in [-0.39, 0.29) is 5.92 Å². The van der Waals surface area contributed by atoms with E-state index in [9.17, 15) is 13.2 Å². The Kier molecular flexibility index (Phi) is 9.65.